The molecule has 2 aromatic heterocycles. The third-order valence-corrected chi connectivity index (χ3v) is 5.08. The maximum absolute atomic E-state index is 12.5. The van der Waals surface area contributed by atoms with E-state index >= 15 is 0 Å². The largest absolute Gasteiger partial charge is 0.349 e. The van der Waals surface area contributed by atoms with Crippen LogP contribution >= 0.6 is 11.6 Å². The van der Waals surface area contributed by atoms with Gasteiger partial charge >= 0.3 is 5.69 Å². The predicted octanol–water partition coefficient (Wildman–Crippen LogP) is 3.38. The van der Waals surface area contributed by atoms with Gasteiger partial charge in [0.1, 0.15) is 0 Å². The second kappa shape index (κ2) is 8.06. The van der Waals surface area contributed by atoms with Crippen LogP contribution in [0.4, 0.5) is 5.95 Å². The van der Waals surface area contributed by atoms with Crippen molar-refractivity contribution in [1.29, 1.82) is 0 Å². The number of rotatable bonds is 6. The number of aryl methyl sites for hydroxylation is 1. The van der Waals surface area contributed by atoms with Crippen LogP contribution in [0.15, 0.2) is 51.0 Å². The highest BCUT2D eigenvalue weighted by Crippen LogP contribution is 2.28. The Hall–Kier alpha value is -2.80. The number of allylic oxidation sites excluding steroid dienone is 2. The Morgan fingerprint density at radius 2 is 1.96 bits per heavy atom. The number of benzene rings is 1. The molecule has 3 rings (SSSR count). The Balaban J connectivity index is 2.20. The van der Waals surface area contributed by atoms with E-state index < -0.39 is 11.2 Å². The van der Waals surface area contributed by atoms with E-state index in [2.05, 4.69) is 29.1 Å². The molecule has 0 radical (unpaired) electrons. The smallest absolute Gasteiger partial charge is 0.329 e. The average molecular weight is 402 g/mol. The average Bonchev–Trinajstić information content (AvgIpc) is 3.03. The number of H-pyrrole nitrogens is 1. The van der Waals surface area contributed by atoms with Gasteiger partial charge in [0.05, 0.1) is 12.6 Å². The van der Waals surface area contributed by atoms with Gasteiger partial charge in [-0.25, -0.2) is 4.79 Å². The molecular weight excluding hydrogens is 378 g/mol. The molecule has 0 saturated heterocycles. The first-order valence-electron chi connectivity index (χ1n) is 9.15. The summed E-state index contributed by atoms with van der Waals surface area (Å²) < 4.78 is 3.04. The van der Waals surface area contributed by atoms with Gasteiger partial charge in [0.25, 0.3) is 5.56 Å². The second-order valence-corrected chi connectivity index (χ2v) is 7.51. The Bertz CT molecular complexity index is 1130. The fourth-order valence-electron chi connectivity index (χ4n) is 3.18. The van der Waals surface area contributed by atoms with Crippen molar-refractivity contribution >= 4 is 28.7 Å². The van der Waals surface area contributed by atoms with Crippen LogP contribution in [0.1, 0.15) is 32.4 Å². The van der Waals surface area contributed by atoms with Gasteiger partial charge in [0, 0.05) is 12.1 Å². The van der Waals surface area contributed by atoms with Crippen molar-refractivity contribution in [3.05, 3.63) is 67.8 Å². The summed E-state index contributed by atoms with van der Waals surface area (Å²) in [6, 6.07) is 10.0. The van der Waals surface area contributed by atoms with Crippen molar-refractivity contribution in [2.24, 2.45) is 13.0 Å². The van der Waals surface area contributed by atoms with Crippen LogP contribution in [0.3, 0.4) is 0 Å². The van der Waals surface area contributed by atoms with Crippen molar-refractivity contribution < 1.29 is 0 Å². The molecule has 0 fully saturated rings. The fourth-order valence-corrected chi connectivity index (χ4v) is 3.29. The molecule has 8 heteroatoms. The molecule has 0 aliphatic carbocycles. The number of nitrogens with one attached hydrogen (secondary N) is 2. The highest BCUT2D eigenvalue weighted by Gasteiger charge is 2.22. The lowest BCUT2D eigenvalue weighted by Crippen LogP contribution is -2.29. The van der Waals surface area contributed by atoms with E-state index in [1.54, 1.807) is 17.7 Å². The maximum atomic E-state index is 12.5. The van der Waals surface area contributed by atoms with Gasteiger partial charge in [0.15, 0.2) is 11.2 Å². The first-order chi connectivity index (χ1) is 13.3. The van der Waals surface area contributed by atoms with E-state index in [1.807, 2.05) is 37.3 Å². The van der Waals surface area contributed by atoms with Gasteiger partial charge in [-0.05, 0) is 18.4 Å². The minimum absolute atomic E-state index is 0.0303. The summed E-state index contributed by atoms with van der Waals surface area (Å²) in [6.07, 6.45) is 1.77. The normalized spacial score (nSPS) is 13.3. The molecule has 28 heavy (non-hydrogen) atoms. The SMILES string of the molecule is C/C=C(\Cl)Cn1c(NC(c2ccccc2)C(C)C)nc2c1c(=O)[nH]c(=O)n2C. The molecule has 3 aromatic rings. The highest BCUT2D eigenvalue weighted by atomic mass is 35.5. The fraction of sp³-hybridized carbons (Fsp3) is 0.350. The zero-order chi connectivity index (χ0) is 20.4. The first-order valence-corrected chi connectivity index (χ1v) is 9.53. The summed E-state index contributed by atoms with van der Waals surface area (Å²) in [5.41, 5.74) is 0.734. The third kappa shape index (κ3) is 3.75. The first kappa shape index (κ1) is 19.9. The number of imidazole rings is 1. The molecule has 2 N–H and O–H groups in total. The minimum atomic E-state index is -0.505. The molecule has 0 spiro atoms. The van der Waals surface area contributed by atoms with Crippen molar-refractivity contribution in [2.75, 3.05) is 5.32 Å². The molecule has 1 unspecified atom stereocenters. The van der Waals surface area contributed by atoms with E-state index in [0.29, 0.717) is 22.1 Å². The summed E-state index contributed by atoms with van der Waals surface area (Å²) in [5, 5.41) is 4.02. The second-order valence-electron chi connectivity index (χ2n) is 7.02. The number of aromatic amines is 1. The summed E-state index contributed by atoms with van der Waals surface area (Å²) in [7, 11) is 1.58. The summed E-state index contributed by atoms with van der Waals surface area (Å²) in [6.45, 7) is 6.32. The number of nitrogens with zero attached hydrogens (tertiary/aromatic N) is 3. The molecule has 0 bridgehead atoms. The van der Waals surface area contributed by atoms with Gasteiger partial charge < -0.3 is 5.32 Å². The minimum Gasteiger partial charge on any atom is -0.349 e. The molecule has 1 atom stereocenters. The van der Waals surface area contributed by atoms with Crippen molar-refractivity contribution in [1.82, 2.24) is 19.1 Å². The van der Waals surface area contributed by atoms with Gasteiger partial charge in [-0.2, -0.15) is 4.98 Å². The Kier molecular flexibility index (Phi) is 5.74. The van der Waals surface area contributed by atoms with Gasteiger partial charge in [-0.15, -0.1) is 0 Å². The van der Waals surface area contributed by atoms with Crippen LogP contribution in [0.5, 0.6) is 0 Å². The molecule has 0 aliphatic heterocycles. The Labute approximate surface area is 167 Å². The zero-order valence-electron chi connectivity index (χ0n) is 16.4. The number of hydrogen-bond donors (Lipinski definition) is 2. The van der Waals surface area contributed by atoms with Crippen molar-refractivity contribution in [2.45, 2.75) is 33.4 Å². The monoisotopic (exact) mass is 401 g/mol. The van der Waals surface area contributed by atoms with Crippen LogP contribution in [-0.2, 0) is 13.6 Å². The van der Waals surface area contributed by atoms with Crippen molar-refractivity contribution in [3.63, 3.8) is 0 Å². The maximum Gasteiger partial charge on any atom is 0.329 e. The molecule has 1 aromatic carbocycles. The molecule has 0 aliphatic rings. The van der Waals surface area contributed by atoms with Gasteiger partial charge in [0.2, 0.25) is 5.95 Å². The summed E-state index contributed by atoms with van der Waals surface area (Å²) >= 11 is 6.27. The number of halogens is 1. The number of aromatic nitrogens is 4. The van der Waals surface area contributed by atoms with Crippen molar-refractivity contribution in [3.8, 4) is 0 Å². The topological polar surface area (TPSA) is 84.7 Å². The van der Waals surface area contributed by atoms with E-state index in [0.717, 1.165) is 5.56 Å². The van der Waals surface area contributed by atoms with Gasteiger partial charge in [-0.1, -0.05) is 61.9 Å². The van der Waals surface area contributed by atoms with E-state index in [4.69, 9.17) is 11.6 Å². The Morgan fingerprint density at radius 1 is 1.29 bits per heavy atom. The van der Waals surface area contributed by atoms with Gasteiger partial charge in [-0.3, -0.25) is 18.9 Å². The van der Waals surface area contributed by atoms with Crippen LogP contribution in [0.25, 0.3) is 11.2 Å². The lowest BCUT2D eigenvalue weighted by Gasteiger charge is -2.24. The van der Waals surface area contributed by atoms with E-state index in [1.165, 1.54) is 4.57 Å². The number of hydrogen-bond acceptors (Lipinski definition) is 4. The van der Waals surface area contributed by atoms with E-state index in [-0.39, 0.29) is 18.5 Å². The van der Waals surface area contributed by atoms with E-state index in [9.17, 15) is 9.59 Å². The molecular formula is C20H24ClN5O2. The lowest BCUT2D eigenvalue weighted by atomic mass is 9.96. The highest BCUT2D eigenvalue weighted by molar-refractivity contribution is 6.29. The summed E-state index contributed by atoms with van der Waals surface area (Å²) in [5.74, 6) is 0.749. The van der Waals surface area contributed by atoms with Crippen LogP contribution < -0.4 is 16.6 Å². The Morgan fingerprint density at radius 3 is 2.57 bits per heavy atom. The number of fused-ring (bicyclic) bond motifs is 1. The summed E-state index contributed by atoms with van der Waals surface area (Å²) in [4.78, 5) is 31.4. The van der Waals surface area contributed by atoms with Crippen LogP contribution in [0.2, 0.25) is 0 Å². The molecule has 0 amide bonds. The quantitative estimate of drug-likeness (QED) is 0.663. The molecule has 7 nitrogen and oxygen atoms in total. The van der Waals surface area contributed by atoms with Crippen LogP contribution in [-0.4, -0.2) is 19.1 Å². The molecule has 2 heterocycles. The predicted molar refractivity (Wildman–Crippen MR) is 113 cm³/mol. The molecule has 148 valence electrons. The van der Waals surface area contributed by atoms with Crippen LogP contribution in [0, 0.1) is 5.92 Å². The zero-order valence-corrected chi connectivity index (χ0v) is 17.1. The molecule has 0 saturated carbocycles. The third-order valence-electron chi connectivity index (χ3n) is 4.74. The number of anilines is 1. The standard InChI is InChI=1S/C20H24ClN5O2/c1-5-14(21)11-26-16-17(25(4)20(28)24-18(16)27)23-19(26)22-15(12(2)3)13-9-7-6-8-10-13/h5-10,12,15H,11H2,1-4H3,(H,22,23)(H,24,27,28)/b14-5-. The lowest BCUT2D eigenvalue weighted by molar-refractivity contribution is 0.540.